The van der Waals surface area contributed by atoms with Gasteiger partial charge in [-0.05, 0) is 40.0 Å². The van der Waals surface area contributed by atoms with Gasteiger partial charge >= 0.3 is 6.09 Å². The molecule has 0 spiro atoms. The fourth-order valence-electron chi connectivity index (χ4n) is 1.75. The van der Waals surface area contributed by atoms with Crippen LogP contribution in [0.3, 0.4) is 0 Å². The molecule has 1 aliphatic carbocycles. The molecule has 0 heterocycles. The third kappa shape index (κ3) is 6.62. The molecule has 0 aliphatic heterocycles. The van der Waals surface area contributed by atoms with Crippen LogP contribution < -0.4 is 5.32 Å². The predicted molar refractivity (Wildman–Crippen MR) is 70.4 cm³/mol. The maximum absolute atomic E-state index is 11.8. The normalized spacial score (nSPS) is 17.1. The molecule has 1 N–H and O–H groups in total. The van der Waals surface area contributed by atoms with Gasteiger partial charge in [-0.25, -0.2) is 4.79 Å². The lowest BCUT2D eigenvalue weighted by molar-refractivity contribution is -0.120. The molecule has 0 aromatic heterocycles. The number of hydrogen-bond acceptors (Lipinski definition) is 3. The molecule has 1 amide bonds. The highest BCUT2D eigenvalue weighted by molar-refractivity contribution is 5.86. The standard InChI is InChI=1S/C14H25NO3/c1-10(15-13(17)18-14(2,3)4)12(16)7-5-6-11-8-9-11/h10-11H,5-9H2,1-4H3,(H,15,17)/t10-/m0/s1. The summed E-state index contributed by atoms with van der Waals surface area (Å²) < 4.78 is 5.11. The smallest absolute Gasteiger partial charge is 0.408 e. The maximum atomic E-state index is 11.8. The summed E-state index contributed by atoms with van der Waals surface area (Å²) in [6, 6.07) is -0.459. The molecule has 1 aliphatic rings. The van der Waals surface area contributed by atoms with Crippen LogP contribution in [0, 0.1) is 5.92 Å². The van der Waals surface area contributed by atoms with Gasteiger partial charge in [0.05, 0.1) is 6.04 Å². The van der Waals surface area contributed by atoms with Crippen LogP contribution in [0.4, 0.5) is 4.79 Å². The van der Waals surface area contributed by atoms with Crippen molar-refractivity contribution < 1.29 is 14.3 Å². The first kappa shape index (κ1) is 15.0. The summed E-state index contributed by atoms with van der Waals surface area (Å²) in [5, 5.41) is 2.58. The molecular weight excluding hydrogens is 230 g/mol. The first-order valence-electron chi connectivity index (χ1n) is 6.80. The first-order chi connectivity index (χ1) is 8.28. The van der Waals surface area contributed by atoms with E-state index in [1.165, 1.54) is 12.8 Å². The van der Waals surface area contributed by atoms with E-state index in [4.69, 9.17) is 4.74 Å². The molecule has 104 valence electrons. The second-order valence-electron chi connectivity index (χ2n) is 6.17. The number of ether oxygens (including phenoxy) is 1. The average Bonchev–Trinajstić information content (AvgIpc) is 2.98. The zero-order valence-corrected chi connectivity index (χ0v) is 11.9. The van der Waals surface area contributed by atoms with Crippen molar-refractivity contribution in [1.82, 2.24) is 5.32 Å². The number of hydrogen-bond donors (Lipinski definition) is 1. The fourth-order valence-corrected chi connectivity index (χ4v) is 1.75. The van der Waals surface area contributed by atoms with Crippen LogP contribution in [-0.2, 0) is 9.53 Å². The van der Waals surface area contributed by atoms with Gasteiger partial charge in [0.15, 0.2) is 5.78 Å². The van der Waals surface area contributed by atoms with E-state index in [-0.39, 0.29) is 5.78 Å². The van der Waals surface area contributed by atoms with Crippen LogP contribution in [-0.4, -0.2) is 23.5 Å². The topological polar surface area (TPSA) is 55.4 Å². The van der Waals surface area contributed by atoms with Crippen molar-refractivity contribution >= 4 is 11.9 Å². The molecule has 0 radical (unpaired) electrons. The average molecular weight is 255 g/mol. The van der Waals surface area contributed by atoms with Crippen molar-refractivity contribution in [3.8, 4) is 0 Å². The zero-order chi connectivity index (χ0) is 13.8. The summed E-state index contributed by atoms with van der Waals surface area (Å²) in [4.78, 5) is 23.3. The number of nitrogens with one attached hydrogen (secondary N) is 1. The third-order valence-corrected chi connectivity index (χ3v) is 2.95. The summed E-state index contributed by atoms with van der Waals surface area (Å²) in [7, 11) is 0. The number of alkyl carbamates (subject to hydrolysis) is 1. The van der Waals surface area contributed by atoms with E-state index in [1.54, 1.807) is 27.7 Å². The summed E-state index contributed by atoms with van der Waals surface area (Å²) in [5.41, 5.74) is -0.529. The van der Waals surface area contributed by atoms with Gasteiger partial charge in [0.1, 0.15) is 5.60 Å². The fraction of sp³-hybridized carbons (Fsp3) is 0.857. The minimum atomic E-state index is -0.529. The Bertz CT molecular complexity index is 303. The molecule has 4 heteroatoms. The van der Waals surface area contributed by atoms with Gasteiger partial charge < -0.3 is 10.1 Å². The van der Waals surface area contributed by atoms with Crippen LogP contribution in [0.15, 0.2) is 0 Å². The minimum Gasteiger partial charge on any atom is -0.444 e. The molecule has 18 heavy (non-hydrogen) atoms. The van der Waals surface area contributed by atoms with Crippen LogP contribution in [0.25, 0.3) is 0 Å². The lowest BCUT2D eigenvalue weighted by atomic mass is 10.1. The Morgan fingerprint density at radius 1 is 1.33 bits per heavy atom. The molecule has 1 fully saturated rings. The molecule has 0 bridgehead atoms. The van der Waals surface area contributed by atoms with Crippen LogP contribution >= 0.6 is 0 Å². The van der Waals surface area contributed by atoms with E-state index < -0.39 is 17.7 Å². The minimum absolute atomic E-state index is 0.0847. The van der Waals surface area contributed by atoms with E-state index in [1.807, 2.05) is 0 Å². The van der Waals surface area contributed by atoms with Crippen LogP contribution in [0.5, 0.6) is 0 Å². The molecular formula is C14H25NO3. The number of Topliss-reactive ketones (excluding diaryl/α,β-unsaturated/α-hetero) is 1. The molecule has 0 aromatic rings. The Kier molecular flexibility index (Phi) is 5.17. The highest BCUT2D eigenvalue weighted by Crippen LogP contribution is 2.33. The molecule has 0 aromatic carbocycles. The summed E-state index contributed by atoms with van der Waals surface area (Å²) in [6.45, 7) is 7.11. The van der Waals surface area contributed by atoms with Crippen LogP contribution in [0.1, 0.15) is 59.8 Å². The second-order valence-corrected chi connectivity index (χ2v) is 6.17. The van der Waals surface area contributed by atoms with Crippen molar-refractivity contribution in [1.29, 1.82) is 0 Å². The Labute approximate surface area is 109 Å². The van der Waals surface area contributed by atoms with E-state index >= 15 is 0 Å². The van der Waals surface area contributed by atoms with Crippen molar-refractivity contribution in [3.05, 3.63) is 0 Å². The van der Waals surface area contributed by atoms with Gasteiger partial charge in [0.25, 0.3) is 0 Å². The molecule has 4 nitrogen and oxygen atoms in total. The lowest BCUT2D eigenvalue weighted by Crippen LogP contribution is -2.41. The summed E-state index contributed by atoms with van der Waals surface area (Å²) in [6.07, 6.45) is 4.74. The Hall–Kier alpha value is -1.06. The quantitative estimate of drug-likeness (QED) is 0.793. The number of ketones is 1. The monoisotopic (exact) mass is 255 g/mol. The van der Waals surface area contributed by atoms with Crippen molar-refractivity contribution in [2.75, 3.05) is 0 Å². The van der Waals surface area contributed by atoms with Crippen molar-refractivity contribution in [3.63, 3.8) is 0 Å². The lowest BCUT2D eigenvalue weighted by Gasteiger charge is -2.21. The Balaban J connectivity index is 2.18. The van der Waals surface area contributed by atoms with Gasteiger partial charge in [-0.15, -0.1) is 0 Å². The number of carbonyl (C=O) groups is 2. The number of carbonyl (C=O) groups excluding carboxylic acids is 2. The van der Waals surface area contributed by atoms with Gasteiger partial charge in [-0.3, -0.25) is 4.79 Å². The van der Waals surface area contributed by atoms with Gasteiger partial charge in [0, 0.05) is 6.42 Å². The summed E-state index contributed by atoms with van der Waals surface area (Å²) in [5.74, 6) is 0.938. The van der Waals surface area contributed by atoms with Gasteiger partial charge in [0.2, 0.25) is 0 Å². The number of rotatable bonds is 6. The maximum Gasteiger partial charge on any atom is 0.408 e. The third-order valence-electron chi connectivity index (χ3n) is 2.95. The first-order valence-corrected chi connectivity index (χ1v) is 6.80. The predicted octanol–water partition coefficient (Wildman–Crippen LogP) is 3.05. The van der Waals surface area contributed by atoms with E-state index in [0.717, 1.165) is 18.8 Å². The molecule has 0 saturated heterocycles. The molecule has 1 rings (SSSR count). The second kappa shape index (κ2) is 6.21. The highest BCUT2D eigenvalue weighted by Gasteiger charge is 2.23. The zero-order valence-electron chi connectivity index (χ0n) is 11.9. The molecule has 1 atom stereocenters. The number of amides is 1. The Morgan fingerprint density at radius 3 is 2.44 bits per heavy atom. The van der Waals surface area contributed by atoms with Gasteiger partial charge in [-0.2, -0.15) is 0 Å². The highest BCUT2D eigenvalue weighted by atomic mass is 16.6. The summed E-state index contributed by atoms with van der Waals surface area (Å²) >= 11 is 0. The Morgan fingerprint density at radius 2 is 1.94 bits per heavy atom. The van der Waals surface area contributed by atoms with Gasteiger partial charge in [-0.1, -0.05) is 19.3 Å². The van der Waals surface area contributed by atoms with E-state index in [0.29, 0.717) is 6.42 Å². The van der Waals surface area contributed by atoms with Crippen molar-refractivity contribution in [2.24, 2.45) is 5.92 Å². The SMILES string of the molecule is C[C@H](NC(=O)OC(C)(C)C)C(=O)CCCC1CC1. The van der Waals surface area contributed by atoms with Crippen molar-refractivity contribution in [2.45, 2.75) is 71.4 Å². The molecule has 1 saturated carbocycles. The van der Waals surface area contributed by atoms with E-state index in [9.17, 15) is 9.59 Å². The van der Waals surface area contributed by atoms with Crippen LogP contribution in [0.2, 0.25) is 0 Å². The van der Waals surface area contributed by atoms with E-state index in [2.05, 4.69) is 5.32 Å². The molecule has 0 unspecified atom stereocenters. The largest absolute Gasteiger partial charge is 0.444 e.